The van der Waals surface area contributed by atoms with Crippen LogP contribution in [0, 0.1) is 17.3 Å². The minimum absolute atomic E-state index is 0.0293. The normalized spacial score (nSPS) is 13.9. The van der Waals surface area contributed by atoms with Crippen molar-refractivity contribution < 1.29 is 9.59 Å². The second kappa shape index (κ2) is 6.82. The lowest BCUT2D eigenvalue weighted by molar-refractivity contribution is -0.121. The number of hydrogen-bond donors (Lipinski definition) is 0. The molecule has 0 amide bonds. The third-order valence-corrected chi connectivity index (χ3v) is 3.40. The van der Waals surface area contributed by atoms with Gasteiger partial charge >= 0.3 is 0 Å². The van der Waals surface area contributed by atoms with Crippen molar-refractivity contribution in [1.82, 2.24) is 0 Å². The molecule has 0 rings (SSSR count). The number of carbonyl (C=O) groups excluding carboxylic acids is 2. The smallest absolute Gasteiger partial charge is 0.133 e. The van der Waals surface area contributed by atoms with Gasteiger partial charge in [-0.3, -0.25) is 4.79 Å². The molecule has 1 unspecified atom stereocenters. The molecule has 2 heteroatoms. The van der Waals surface area contributed by atoms with Gasteiger partial charge in [-0.15, -0.1) is 0 Å². The van der Waals surface area contributed by atoms with Crippen LogP contribution in [0.5, 0.6) is 0 Å². The van der Waals surface area contributed by atoms with Gasteiger partial charge in [0.05, 0.1) is 0 Å². The van der Waals surface area contributed by atoms with Crippen LogP contribution in [0.3, 0.4) is 0 Å². The van der Waals surface area contributed by atoms with Gasteiger partial charge in [-0.25, -0.2) is 0 Å². The lowest BCUT2D eigenvalue weighted by atomic mass is 9.83. The summed E-state index contributed by atoms with van der Waals surface area (Å²) in [7, 11) is 0. The highest BCUT2D eigenvalue weighted by atomic mass is 16.1. The van der Waals surface area contributed by atoms with E-state index in [2.05, 4.69) is 20.8 Å². The van der Waals surface area contributed by atoms with Gasteiger partial charge in [0.25, 0.3) is 0 Å². The van der Waals surface area contributed by atoms with Gasteiger partial charge in [0.1, 0.15) is 12.1 Å². The van der Waals surface area contributed by atoms with E-state index in [9.17, 15) is 9.59 Å². The first-order valence-electron chi connectivity index (χ1n) is 6.24. The van der Waals surface area contributed by atoms with E-state index < -0.39 is 0 Å². The van der Waals surface area contributed by atoms with Crippen LogP contribution < -0.4 is 0 Å². The summed E-state index contributed by atoms with van der Waals surface area (Å²) in [6, 6.07) is 0. The Labute approximate surface area is 99.8 Å². The first-order valence-corrected chi connectivity index (χ1v) is 6.24. The van der Waals surface area contributed by atoms with Gasteiger partial charge in [0, 0.05) is 19.3 Å². The van der Waals surface area contributed by atoms with Crippen LogP contribution in [0.2, 0.25) is 0 Å². The monoisotopic (exact) mass is 226 g/mol. The molecule has 2 nitrogen and oxygen atoms in total. The molecule has 0 fully saturated rings. The number of hydrogen-bond acceptors (Lipinski definition) is 2. The summed E-state index contributed by atoms with van der Waals surface area (Å²) in [6.45, 7) is 10.5. The van der Waals surface area contributed by atoms with E-state index in [1.807, 2.05) is 13.8 Å². The van der Waals surface area contributed by atoms with Gasteiger partial charge in [0.2, 0.25) is 0 Å². The van der Waals surface area contributed by atoms with Gasteiger partial charge in [-0.2, -0.15) is 0 Å². The minimum Gasteiger partial charge on any atom is -0.303 e. The third-order valence-electron chi connectivity index (χ3n) is 3.40. The van der Waals surface area contributed by atoms with Crippen LogP contribution in [-0.2, 0) is 9.59 Å². The van der Waals surface area contributed by atoms with Gasteiger partial charge < -0.3 is 4.79 Å². The van der Waals surface area contributed by atoms with Gasteiger partial charge in [-0.05, 0) is 23.7 Å². The largest absolute Gasteiger partial charge is 0.303 e. The van der Waals surface area contributed by atoms with Gasteiger partial charge in [0.15, 0.2) is 0 Å². The predicted molar refractivity (Wildman–Crippen MR) is 67.3 cm³/mol. The fourth-order valence-electron chi connectivity index (χ4n) is 1.50. The molecule has 0 aromatic heterocycles. The zero-order valence-corrected chi connectivity index (χ0v) is 11.4. The van der Waals surface area contributed by atoms with E-state index >= 15 is 0 Å². The molecule has 0 spiro atoms. The molecule has 0 bridgehead atoms. The molecule has 0 saturated carbocycles. The molecule has 0 saturated heterocycles. The van der Waals surface area contributed by atoms with Crippen molar-refractivity contribution in [2.24, 2.45) is 17.3 Å². The molecule has 0 radical (unpaired) electrons. The fourth-order valence-corrected chi connectivity index (χ4v) is 1.50. The molecule has 1 atom stereocenters. The molecule has 0 aliphatic carbocycles. The SMILES string of the molecule is CC(C)C(C)CC(=O)CCC(C)(C)CC=O. The Morgan fingerprint density at radius 1 is 1.25 bits per heavy atom. The number of rotatable bonds is 8. The maximum atomic E-state index is 11.7. The Morgan fingerprint density at radius 2 is 1.81 bits per heavy atom. The molecule has 0 aromatic rings. The van der Waals surface area contributed by atoms with Crippen molar-refractivity contribution in [2.75, 3.05) is 0 Å². The average molecular weight is 226 g/mol. The molecule has 94 valence electrons. The first kappa shape index (κ1) is 15.3. The van der Waals surface area contributed by atoms with E-state index in [0.29, 0.717) is 36.9 Å². The molecule has 0 aliphatic heterocycles. The van der Waals surface area contributed by atoms with Crippen molar-refractivity contribution in [2.45, 2.75) is 60.3 Å². The Bertz CT molecular complexity index is 229. The number of carbonyl (C=O) groups is 2. The lowest BCUT2D eigenvalue weighted by Crippen LogP contribution is -2.16. The Kier molecular flexibility index (Phi) is 6.54. The van der Waals surface area contributed by atoms with E-state index in [1.165, 1.54) is 0 Å². The van der Waals surface area contributed by atoms with Crippen LogP contribution in [0.15, 0.2) is 0 Å². The fraction of sp³-hybridized carbons (Fsp3) is 0.857. The molecule has 0 aliphatic rings. The summed E-state index contributed by atoms with van der Waals surface area (Å²) < 4.78 is 0. The average Bonchev–Trinajstić information content (AvgIpc) is 2.14. The second-order valence-corrected chi connectivity index (χ2v) is 6.00. The summed E-state index contributed by atoms with van der Waals surface area (Å²) >= 11 is 0. The highest BCUT2D eigenvalue weighted by Crippen LogP contribution is 2.26. The Hall–Kier alpha value is -0.660. The molecule has 0 heterocycles. The molecular formula is C14H26O2. The van der Waals surface area contributed by atoms with Crippen molar-refractivity contribution in [3.05, 3.63) is 0 Å². The van der Waals surface area contributed by atoms with Crippen molar-refractivity contribution in [1.29, 1.82) is 0 Å². The summed E-state index contributed by atoms with van der Waals surface area (Å²) in [6.07, 6.45) is 3.59. The van der Waals surface area contributed by atoms with E-state index in [-0.39, 0.29) is 5.41 Å². The predicted octanol–water partition coefficient (Wildman–Crippen LogP) is 3.63. The minimum atomic E-state index is -0.0293. The van der Waals surface area contributed by atoms with Crippen LogP contribution in [0.25, 0.3) is 0 Å². The lowest BCUT2D eigenvalue weighted by Gasteiger charge is -2.21. The molecule has 0 N–H and O–H groups in total. The Balaban J connectivity index is 3.94. The van der Waals surface area contributed by atoms with Crippen LogP contribution in [0.1, 0.15) is 60.3 Å². The number of aldehydes is 1. The van der Waals surface area contributed by atoms with Crippen LogP contribution in [-0.4, -0.2) is 12.1 Å². The molecule has 0 aromatic carbocycles. The summed E-state index contributed by atoms with van der Waals surface area (Å²) in [5.41, 5.74) is -0.0293. The maximum Gasteiger partial charge on any atom is 0.133 e. The van der Waals surface area contributed by atoms with E-state index in [0.717, 1.165) is 12.7 Å². The van der Waals surface area contributed by atoms with E-state index in [4.69, 9.17) is 0 Å². The number of Topliss-reactive ketones (excluding diaryl/α,β-unsaturated/α-hetero) is 1. The van der Waals surface area contributed by atoms with E-state index in [1.54, 1.807) is 0 Å². The topological polar surface area (TPSA) is 34.1 Å². The summed E-state index contributed by atoms with van der Waals surface area (Å²) in [5.74, 6) is 1.36. The standard InChI is InChI=1S/C14H26O2/c1-11(2)12(3)10-13(16)6-7-14(4,5)8-9-15/h9,11-12H,6-8,10H2,1-5H3. The second-order valence-electron chi connectivity index (χ2n) is 6.00. The molecule has 16 heavy (non-hydrogen) atoms. The van der Waals surface area contributed by atoms with Crippen molar-refractivity contribution >= 4 is 12.1 Å². The quantitative estimate of drug-likeness (QED) is 0.592. The maximum absolute atomic E-state index is 11.7. The zero-order valence-electron chi connectivity index (χ0n) is 11.4. The first-order chi connectivity index (χ1) is 7.28. The summed E-state index contributed by atoms with van der Waals surface area (Å²) in [5, 5.41) is 0. The number of ketones is 1. The van der Waals surface area contributed by atoms with Crippen molar-refractivity contribution in [3.63, 3.8) is 0 Å². The van der Waals surface area contributed by atoms with Crippen LogP contribution >= 0.6 is 0 Å². The molecular weight excluding hydrogens is 200 g/mol. The zero-order chi connectivity index (χ0) is 12.8. The Morgan fingerprint density at radius 3 is 2.25 bits per heavy atom. The highest BCUT2D eigenvalue weighted by molar-refractivity contribution is 5.78. The third kappa shape index (κ3) is 6.76. The van der Waals surface area contributed by atoms with Crippen LogP contribution in [0.4, 0.5) is 0 Å². The highest BCUT2D eigenvalue weighted by Gasteiger charge is 2.20. The van der Waals surface area contributed by atoms with Gasteiger partial charge in [-0.1, -0.05) is 34.6 Å². The summed E-state index contributed by atoms with van der Waals surface area (Å²) in [4.78, 5) is 22.2. The van der Waals surface area contributed by atoms with Crippen molar-refractivity contribution in [3.8, 4) is 0 Å².